The first-order valence-electron chi connectivity index (χ1n) is 15.1. The summed E-state index contributed by atoms with van der Waals surface area (Å²) < 4.78 is 32.9. The molecule has 10 nitrogen and oxygen atoms in total. The molecule has 3 fully saturated rings. The van der Waals surface area contributed by atoms with Gasteiger partial charge in [-0.1, -0.05) is 17.7 Å². The molecular formula is C34H30ClFN4O6. The summed E-state index contributed by atoms with van der Waals surface area (Å²) >= 11 is 6.83. The first-order valence-corrected chi connectivity index (χ1v) is 15.5. The molecule has 46 heavy (non-hydrogen) atoms. The molecule has 4 aliphatic rings. The Morgan fingerprint density at radius 1 is 1.09 bits per heavy atom. The molecule has 4 unspecified atom stereocenters. The highest BCUT2D eigenvalue weighted by atomic mass is 35.5. The molecule has 0 radical (unpaired) electrons. The number of fused-ring (bicyclic) bond motifs is 2. The van der Waals surface area contributed by atoms with Crippen LogP contribution in [0.2, 0.25) is 0 Å². The average molecular weight is 645 g/mol. The zero-order valence-corrected chi connectivity index (χ0v) is 25.6. The van der Waals surface area contributed by atoms with Crippen LogP contribution in [0.5, 0.6) is 17.2 Å². The number of halogens is 2. The quantitative estimate of drug-likeness (QED) is 0.214. The summed E-state index contributed by atoms with van der Waals surface area (Å²) in [5, 5.41) is 11.6. The SMILES string of the molecule is COc1cc(N2C(Cl)CC(Oc3ccc(COc4cccc5c4CN([C@H]4CCC(=O)NC4=O)C5=O)c(F)c3)C3CC32)ccc1C#N. The lowest BCUT2D eigenvalue weighted by Gasteiger charge is -2.37. The summed E-state index contributed by atoms with van der Waals surface area (Å²) in [4.78, 5) is 40.6. The number of amides is 3. The van der Waals surface area contributed by atoms with Crippen LogP contribution in [0, 0.1) is 23.1 Å². The monoisotopic (exact) mass is 644 g/mol. The number of ether oxygens (including phenoxy) is 3. The molecular weight excluding hydrogens is 615 g/mol. The number of piperidine rings is 2. The molecule has 236 valence electrons. The number of carbonyl (C=O) groups is 3. The lowest BCUT2D eigenvalue weighted by atomic mass is 10.0. The van der Waals surface area contributed by atoms with Gasteiger partial charge in [0.2, 0.25) is 11.8 Å². The number of nitrogens with zero attached hydrogens (tertiary/aromatic N) is 3. The van der Waals surface area contributed by atoms with Crippen LogP contribution in [0.25, 0.3) is 0 Å². The van der Waals surface area contributed by atoms with Gasteiger partial charge in [-0.3, -0.25) is 19.7 Å². The predicted octanol–water partition coefficient (Wildman–Crippen LogP) is 4.66. The molecule has 3 amide bonds. The Morgan fingerprint density at radius 3 is 2.70 bits per heavy atom. The summed E-state index contributed by atoms with van der Waals surface area (Å²) in [6.07, 6.45) is 1.67. The van der Waals surface area contributed by atoms with Crippen molar-refractivity contribution in [2.24, 2.45) is 5.92 Å². The van der Waals surface area contributed by atoms with Crippen LogP contribution in [0.3, 0.4) is 0 Å². The molecule has 3 aromatic carbocycles. The minimum atomic E-state index is -0.734. The van der Waals surface area contributed by atoms with Gasteiger partial charge in [0, 0.05) is 59.3 Å². The van der Waals surface area contributed by atoms with E-state index in [1.165, 1.54) is 18.1 Å². The second kappa shape index (κ2) is 11.8. The Bertz CT molecular complexity index is 1790. The summed E-state index contributed by atoms with van der Waals surface area (Å²) in [6.45, 7) is 0.0865. The highest BCUT2D eigenvalue weighted by Crippen LogP contribution is 2.50. The third kappa shape index (κ3) is 5.36. The van der Waals surface area contributed by atoms with E-state index in [4.69, 9.17) is 25.8 Å². The molecule has 0 spiro atoms. The van der Waals surface area contributed by atoms with Crippen molar-refractivity contribution >= 4 is 35.0 Å². The van der Waals surface area contributed by atoms with Crippen LogP contribution in [0.15, 0.2) is 54.6 Å². The first kappa shape index (κ1) is 29.9. The largest absolute Gasteiger partial charge is 0.495 e. The van der Waals surface area contributed by atoms with Crippen LogP contribution in [0.4, 0.5) is 10.1 Å². The normalized spacial score (nSPS) is 24.9. The minimum Gasteiger partial charge on any atom is -0.495 e. The fourth-order valence-corrected chi connectivity index (χ4v) is 7.20. The van der Waals surface area contributed by atoms with Gasteiger partial charge in [0.15, 0.2) is 0 Å². The van der Waals surface area contributed by atoms with Crippen molar-refractivity contribution in [3.8, 4) is 23.3 Å². The summed E-state index contributed by atoms with van der Waals surface area (Å²) in [5.74, 6) is -0.0609. The number of nitrogens with one attached hydrogen (secondary N) is 1. The molecule has 3 aromatic rings. The van der Waals surface area contributed by atoms with Crippen molar-refractivity contribution in [3.63, 3.8) is 0 Å². The maximum absolute atomic E-state index is 15.3. The fourth-order valence-electron chi connectivity index (χ4n) is 6.77. The van der Waals surface area contributed by atoms with E-state index in [9.17, 15) is 19.6 Å². The Labute approximate surface area is 269 Å². The van der Waals surface area contributed by atoms with Gasteiger partial charge in [0.25, 0.3) is 5.91 Å². The molecule has 5 atom stereocenters. The molecule has 1 saturated carbocycles. The second-order valence-electron chi connectivity index (χ2n) is 11.9. The number of benzene rings is 3. The summed E-state index contributed by atoms with van der Waals surface area (Å²) in [7, 11) is 1.53. The van der Waals surface area contributed by atoms with E-state index < -0.39 is 17.8 Å². The number of carbonyl (C=O) groups excluding carboxylic acids is 3. The maximum atomic E-state index is 15.3. The van der Waals surface area contributed by atoms with Crippen molar-refractivity contribution in [1.82, 2.24) is 10.2 Å². The van der Waals surface area contributed by atoms with Gasteiger partial charge in [0.05, 0.1) is 19.2 Å². The lowest BCUT2D eigenvalue weighted by molar-refractivity contribution is -0.136. The van der Waals surface area contributed by atoms with Crippen molar-refractivity contribution in [2.45, 2.75) is 62.5 Å². The Balaban J connectivity index is 0.987. The number of methoxy groups -OCH3 is 1. The molecule has 0 bridgehead atoms. The number of hydrogen-bond donors (Lipinski definition) is 1. The van der Waals surface area contributed by atoms with Crippen molar-refractivity contribution < 1.29 is 33.0 Å². The zero-order chi connectivity index (χ0) is 32.1. The van der Waals surface area contributed by atoms with E-state index in [1.807, 2.05) is 12.1 Å². The van der Waals surface area contributed by atoms with E-state index in [1.54, 1.807) is 36.4 Å². The molecule has 2 saturated heterocycles. The average Bonchev–Trinajstić information content (AvgIpc) is 3.77. The van der Waals surface area contributed by atoms with Crippen LogP contribution in [-0.2, 0) is 22.7 Å². The number of anilines is 1. The first-order chi connectivity index (χ1) is 22.2. The van der Waals surface area contributed by atoms with Gasteiger partial charge in [-0.25, -0.2) is 4.39 Å². The lowest BCUT2D eigenvalue weighted by Crippen LogP contribution is -2.52. The molecule has 1 N–H and O–H groups in total. The van der Waals surface area contributed by atoms with Gasteiger partial charge in [-0.05, 0) is 49.2 Å². The van der Waals surface area contributed by atoms with E-state index >= 15 is 4.39 Å². The van der Waals surface area contributed by atoms with Crippen molar-refractivity contribution in [3.05, 3.63) is 82.7 Å². The Kier molecular flexibility index (Phi) is 7.69. The van der Waals surface area contributed by atoms with E-state index in [0.29, 0.717) is 45.9 Å². The van der Waals surface area contributed by atoms with Gasteiger partial charge in [-0.15, -0.1) is 0 Å². The molecule has 1 aliphatic carbocycles. The summed E-state index contributed by atoms with van der Waals surface area (Å²) in [6, 6.07) is 16.7. The minimum absolute atomic E-state index is 0.0733. The third-order valence-electron chi connectivity index (χ3n) is 9.21. The van der Waals surface area contributed by atoms with E-state index in [0.717, 1.165) is 12.1 Å². The number of hydrogen-bond acceptors (Lipinski definition) is 8. The highest BCUT2D eigenvalue weighted by Gasteiger charge is 2.54. The topological polar surface area (TPSA) is 121 Å². The maximum Gasteiger partial charge on any atom is 0.255 e. The van der Waals surface area contributed by atoms with Gasteiger partial charge >= 0.3 is 0 Å². The number of alkyl halides is 1. The van der Waals surface area contributed by atoms with Crippen molar-refractivity contribution in [1.29, 1.82) is 5.26 Å². The van der Waals surface area contributed by atoms with E-state index in [-0.39, 0.29) is 61.4 Å². The van der Waals surface area contributed by atoms with Crippen LogP contribution >= 0.6 is 11.6 Å². The number of rotatable bonds is 8. The highest BCUT2D eigenvalue weighted by molar-refractivity contribution is 6.22. The Hall–Kier alpha value is -4.82. The number of imide groups is 1. The van der Waals surface area contributed by atoms with Crippen LogP contribution in [0.1, 0.15) is 52.7 Å². The zero-order valence-electron chi connectivity index (χ0n) is 24.9. The second-order valence-corrected chi connectivity index (χ2v) is 12.4. The molecule has 12 heteroatoms. The Morgan fingerprint density at radius 2 is 1.93 bits per heavy atom. The fraction of sp³-hybridized carbons (Fsp3) is 0.353. The number of nitriles is 1. The standard InChI is InChI=1S/C34H30ClFN4O6/c1-44-29-11-20(7-5-18(29)15-37)40-27-13-23(27)30(14-31(40)35)46-21-8-6-19(25(36)12-21)17-45-28-4-2-3-22-24(28)16-39(34(22)43)26-9-10-32(41)38-33(26)42/h2-8,11-12,23,26-27,30-31H,9-10,13-14,16-17H2,1H3,(H,38,41,42)/t23?,26-,27?,30?,31?/m0/s1. The third-order valence-corrected chi connectivity index (χ3v) is 9.59. The molecule has 7 rings (SSSR count). The predicted molar refractivity (Wildman–Crippen MR) is 164 cm³/mol. The molecule has 3 aliphatic heterocycles. The van der Waals surface area contributed by atoms with Crippen LogP contribution in [-0.4, -0.2) is 53.4 Å². The van der Waals surface area contributed by atoms with E-state index in [2.05, 4.69) is 16.3 Å². The van der Waals surface area contributed by atoms with Gasteiger partial charge in [0.1, 0.15) is 53.4 Å². The van der Waals surface area contributed by atoms with Crippen LogP contribution < -0.4 is 24.4 Å². The molecule has 0 aromatic heterocycles. The smallest absolute Gasteiger partial charge is 0.255 e. The van der Waals surface area contributed by atoms with Gasteiger partial charge < -0.3 is 24.0 Å². The summed E-state index contributed by atoms with van der Waals surface area (Å²) in [5.41, 5.74) is 2.35. The van der Waals surface area contributed by atoms with Crippen molar-refractivity contribution in [2.75, 3.05) is 12.0 Å². The van der Waals surface area contributed by atoms with Gasteiger partial charge in [-0.2, -0.15) is 5.26 Å². The molecule has 3 heterocycles.